The van der Waals surface area contributed by atoms with Gasteiger partial charge in [-0.2, -0.15) is 0 Å². The summed E-state index contributed by atoms with van der Waals surface area (Å²) in [7, 11) is 0. The Kier molecular flexibility index (Phi) is 18.5. The molecule has 0 saturated heterocycles. The van der Waals surface area contributed by atoms with Crippen molar-refractivity contribution < 1.29 is 9.59 Å². The molecule has 0 aliphatic rings. The topological polar surface area (TPSA) is 34.1 Å². The van der Waals surface area contributed by atoms with E-state index in [0.29, 0.717) is 0 Å². The van der Waals surface area contributed by atoms with Crippen LogP contribution in [-0.4, -0.2) is 12.1 Å². The smallest absolute Gasteiger partial charge is 0.217 e. The highest BCUT2D eigenvalue weighted by atomic mass is 16.2. The summed E-state index contributed by atoms with van der Waals surface area (Å²) in [6, 6.07) is 0. The average molecular weight is 116 g/mol. The van der Waals surface area contributed by atoms with Crippen LogP contribution in [0.25, 0.3) is 0 Å². The van der Waals surface area contributed by atoms with Crippen molar-refractivity contribution in [3.05, 3.63) is 12.7 Å². The standard InChI is InChI=1S/C4H4O2.2CH4/c1-2-4(6)3-5;;/h2-3H,1H2;2*1H4. The lowest BCUT2D eigenvalue weighted by molar-refractivity contribution is -0.126. The van der Waals surface area contributed by atoms with Crippen LogP contribution >= 0.6 is 0 Å². The van der Waals surface area contributed by atoms with Gasteiger partial charge in [-0.1, -0.05) is 21.4 Å². The fourth-order valence-corrected chi connectivity index (χ4v) is 0.0481. The van der Waals surface area contributed by atoms with E-state index in [0.717, 1.165) is 6.08 Å². The molecule has 0 fully saturated rings. The first kappa shape index (κ1) is 15.7. The minimum atomic E-state index is -0.574. The molecule has 0 bridgehead atoms. The highest BCUT2D eigenvalue weighted by Crippen LogP contribution is 1.58. The van der Waals surface area contributed by atoms with E-state index in [-0.39, 0.29) is 21.1 Å². The molecule has 0 unspecified atom stereocenters. The molecular formula is C6H12O2. The third-order valence-electron chi connectivity index (χ3n) is 0.317. The number of carbonyl (C=O) groups is 2. The summed E-state index contributed by atoms with van der Waals surface area (Å²) in [5.74, 6) is -0.574. The zero-order chi connectivity index (χ0) is 4.99. The molecule has 0 aromatic rings. The molecule has 0 spiro atoms. The summed E-state index contributed by atoms with van der Waals surface area (Å²) in [6.45, 7) is 3.05. The van der Waals surface area contributed by atoms with Crippen molar-refractivity contribution in [3.63, 3.8) is 0 Å². The fraction of sp³-hybridized carbons (Fsp3) is 0.333. The van der Waals surface area contributed by atoms with Crippen molar-refractivity contribution in [1.82, 2.24) is 0 Å². The lowest BCUT2D eigenvalue weighted by atomic mass is 10.4. The minimum Gasteiger partial charge on any atom is -0.294 e. The zero-order valence-corrected chi connectivity index (χ0v) is 3.18. The van der Waals surface area contributed by atoms with Crippen molar-refractivity contribution in [2.24, 2.45) is 0 Å². The number of allylic oxidation sites excluding steroid dienone is 1. The molecule has 8 heavy (non-hydrogen) atoms. The summed E-state index contributed by atoms with van der Waals surface area (Å²) < 4.78 is 0. The van der Waals surface area contributed by atoms with Crippen molar-refractivity contribution in [2.75, 3.05) is 0 Å². The Balaban J connectivity index is -0.000000125. The van der Waals surface area contributed by atoms with Crippen LogP contribution in [0.1, 0.15) is 14.9 Å². The number of carbonyl (C=O) groups excluding carboxylic acids is 2. The molecule has 0 N–H and O–H groups in total. The van der Waals surface area contributed by atoms with Gasteiger partial charge in [0.15, 0.2) is 6.29 Å². The lowest BCUT2D eigenvalue weighted by Crippen LogP contribution is -1.88. The van der Waals surface area contributed by atoms with Gasteiger partial charge < -0.3 is 0 Å². The largest absolute Gasteiger partial charge is 0.294 e. The number of aldehydes is 1. The van der Waals surface area contributed by atoms with Gasteiger partial charge in [-0.3, -0.25) is 9.59 Å². The number of hydrogen-bond acceptors (Lipinski definition) is 2. The fourth-order valence-electron chi connectivity index (χ4n) is 0.0481. The van der Waals surface area contributed by atoms with Crippen LogP contribution in [0.4, 0.5) is 0 Å². The van der Waals surface area contributed by atoms with E-state index in [1.165, 1.54) is 0 Å². The van der Waals surface area contributed by atoms with Gasteiger partial charge in [0.1, 0.15) is 0 Å². The quantitative estimate of drug-likeness (QED) is 0.309. The van der Waals surface area contributed by atoms with E-state index >= 15 is 0 Å². The molecular weight excluding hydrogens is 104 g/mol. The molecule has 2 heteroatoms. The predicted molar refractivity (Wildman–Crippen MR) is 34.7 cm³/mol. The molecule has 2 nitrogen and oxygen atoms in total. The van der Waals surface area contributed by atoms with Gasteiger partial charge in [-0.25, -0.2) is 0 Å². The van der Waals surface area contributed by atoms with Crippen LogP contribution < -0.4 is 0 Å². The number of ketones is 1. The van der Waals surface area contributed by atoms with Crippen molar-refractivity contribution >= 4 is 12.1 Å². The Morgan fingerprint density at radius 2 is 1.75 bits per heavy atom. The van der Waals surface area contributed by atoms with Crippen LogP contribution in [0.15, 0.2) is 12.7 Å². The Morgan fingerprint density at radius 3 is 1.75 bits per heavy atom. The Morgan fingerprint density at radius 1 is 1.38 bits per heavy atom. The maximum absolute atomic E-state index is 9.69. The number of hydrogen-bond donors (Lipinski definition) is 0. The maximum atomic E-state index is 9.69. The van der Waals surface area contributed by atoms with Crippen molar-refractivity contribution in [1.29, 1.82) is 0 Å². The summed E-state index contributed by atoms with van der Waals surface area (Å²) in [4.78, 5) is 19.0. The van der Waals surface area contributed by atoms with Gasteiger partial charge in [0.2, 0.25) is 5.78 Å². The van der Waals surface area contributed by atoms with Gasteiger partial charge in [-0.15, -0.1) is 0 Å². The molecule has 0 aliphatic carbocycles. The normalized spacial score (nSPS) is 5.00. The molecule has 0 heterocycles. The maximum Gasteiger partial charge on any atom is 0.217 e. The van der Waals surface area contributed by atoms with Crippen molar-refractivity contribution in [3.8, 4) is 0 Å². The minimum absolute atomic E-state index is 0. The zero-order valence-electron chi connectivity index (χ0n) is 3.18. The lowest BCUT2D eigenvalue weighted by Gasteiger charge is -1.63. The average Bonchev–Trinajstić information content (AvgIpc) is 1.65. The van der Waals surface area contributed by atoms with Crippen LogP contribution in [0, 0.1) is 0 Å². The molecule has 0 aromatic carbocycles. The summed E-state index contributed by atoms with van der Waals surface area (Å²) >= 11 is 0. The second kappa shape index (κ2) is 9.43. The van der Waals surface area contributed by atoms with Gasteiger partial charge in [0.05, 0.1) is 0 Å². The molecule has 0 rings (SSSR count). The summed E-state index contributed by atoms with van der Waals surface area (Å²) in [6.07, 6.45) is 1.18. The third-order valence-corrected chi connectivity index (χ3v) is 0.317. The van der Waals surface area contributed by atoms with E-state index in [1.807, 2.05) is 0 Å². The molecule has 0 aromatic heterocycles. The van der Waals surface area contributed by atoms with Gasteiger partial charge >= 0.3 is 0 Å². The third kappa shape index (κ3) is 8.91. The van der Waals surface area contributed by atoms with E-state index in [2.05, 4.69) is 6.58 Å². The SMILES string of the molecule is C.C.C=CC(=O)C=O. The molecule has 48 valence electrons. The second-order valence-electron chi connectivity index (χ2n) is 0.724. The van der Waals surface area contributed by atoms with Crippen LogP contribution in [0.2, 0.25) is 0 Å². The molecule has 0 saturated carbocycles. The second-order valence-corrected chi connectivity index (χ2v) is 0.724. The predicted octanol–water partition coefficient (Wildman–Crippen LogP) is 1.21. The van der Waals surface area contributed by atoms with Crippen LogP contribution in [0.3, 0.4) is 0 Å². The molecule has 0 aliphatic heterocycles. The van der Waals surface area contributed by atoms with Crippen molar-refractivity contribution in [2.45, 2.75) is 14.9 Å². The molecule has 0 amide bonds. The van der Waals surface area contributed by atoms with Crippen LogP contribution in [-0.2, 0) is 9.59 Å². The summed E-state index contributed by atoms with van der Waals surface area (Å²) in [5, 5.41) is 0. The Bertz CT molecular complexity index is 74.5. The monoisotopic (exact) mass is 116 g/mol. The summed E-state index contributed by atoms with van der Waals surface area (Å²) in [5.41, 5.74) is 0. The Hall–Kier alpha value is -0.920. The van der Waals surface area contributed by atoms with Gasteiger partial charge in [-0.05, 0) is 6.08 Å². The number of rotatable bonds is 2. The first-order valence-electron chi connectivity index (χ1n) is 1.43. The van der Waals surface area contributed by atoms with Gasteiger partial charge in [0, 0.05) is 0 Å². The van der Waals surface area contributed by atoms with E-state index in [4.69, 9.17) is 0 Å². The van der Waals surface area contributed by atoms with E-state index in [9.17, 15) is 9.59 Å². The van der Waals surface area contributed by atoms with E-state index < -0.39 is 5.78 Å². The van der Waals surface area contributed by atoms with Crippen LogP contribution in [0.5, 0.6) is 0 Å². The first-order chi connectivity index (χ1) is 2.81. The van der Waals surface area contributed by atoms with Gasteiger partial charge in [0.25, 0.3) is 0 Å². The molecule has 0 atom stereocenters. The molecule has 0 radical (unpaired) electrons. The highest BCUT2D eigenvalue weighted by molar-refractivity contribution is 6.30. The highest BCUT2D eigenvalue weighted by Gasteiger charge is 1.82. The Labute approximate surface area is 50.2 Å². The first-order valence-corrected chi connectivity index (χ1v) is 1.43. The van der Waals surface area contributed by atoms with E-state index in [1.54, 1.807) is 0 Å².